The van der Waals surface area contributed by atoms with Crippen LogP contribution < -0.4 is 11.1 Å². The topological polar surface area (TPSA) is 157 Å². The van der Waals surface area contributed by atoms with Crippen molar-refractivity contribution < 1.29 is 38.1 Å². The number of aliphatic hydroxyl groups excluding tert-OH is 1. The highest BCUT2D eigenvalue weighted by Crippen LogP contribution is 2.40. The first kappa shape index (κ1) is 25.0. The highest BCUT2D eigenvalue weighted by Gasteiger charge is 2.42. The highest BCUT2D eigenvalue weighted by molar-refractivity contribution is 6.45. The molecule has 1 aromatic carbocycles. The van der Waals surface area contributed by atoms with Gasteiger partial charge >= 0.3 is 6.18 Å². The van der Waals surface area contributed by atoms with Gasteiger partial charge in [-0.15, -0.1) is 0 Å². The van der Waals surface area contributed by atoms with Crippen LogP contribution in [0.2, 0.25) is 0 Å². The minimum absolute atomic E-state index is 0.0596. The molecule has 176 valence electrons. The number of nitrogens with one attached hydrogen (secondary N) is 2. The van der Waals surface area contributed by atoms with E-state index in [1.165, 1.54) is 6.07 Å². The summed E-state index contributed by atoms with van der Waals surface area (Å²) in [4.78, 5) is 24.2. The molecule has 2 rings (SSSR count). The zero-order chi connectivity index (χ0) is 24.4. The summed E-state index contributed by atoms with van der Waals surface area (Å²) < 4.78 is 38.6. The Balaban J connectivity index is 2.38. The van der Waals surface area contributed by atoms with Crippen LogP contribution in [0.5, 0.6) is 11.5 Å². The largest absolute Gasteiger partial charge is 0.508 e. The number of phenols is 2. The summed E-state index contributed by atoms with van der Waals surface area (Å²) in [5, 5.41) is 40.9. The van der Waals surface area contributed by atoms with E-state index in [4.69, 9.17) is 11.1 Å². The third-order valence-electron chi connectivity index (χ3n) is 5.56. The third-order valence-corrected chi connectivity index (χ3v) is 5.56. The molecule has 1 aliphatic carbocycles. The number of carbonyl (C=O) groups is 2. The number of phenolic OH excluding ortho intramolecular Hbond substituents is 2. The Kier molecular flexibility index (Phi) is 7.42. The third kappa shape index (κ3) is 5.51. The molecule has 8 nitrogen and oxygen atoms in total. The Morgan fingerprint density at radius 3 is 2.16 bits per heavy atom. The second kappa shape index (κ2) is 9.49. The van der Waals surface area contributed by atoms with Crippen molar-refractivity contribution in [3.8, 4) is 11.5 Å². The number of aromatic hydroxyl groups is 2. The van der Waals surface area contributed by atoms with Crippen molar-refractivity contribution in [1.29, 1.82) is 5.41 Å². The van der Waals surface area contributed by atoms with Crippen molar-refractivity contribution in [3.05, 3.63) is 29.0 Å². The van der Waals surface area contributed by atoms with E-state index in [0.717, 1.165) is 6.07 Å². The van der Waals surface area contributed by atoms with Gasteiger partial charge in [0, 0.05) is 12.0 Å². The summed E-state index contributed by atoms with van der Waals surface area (Å²) in [6, 6.07) is 2.20. The number of halogens is 3. The maximum atomic E-state index is 12.9. The van der Waals surface area contributed by atoms with Crippen molar-refractivity contribution in [2.75, 3.05) is 0 Å². The number of benzene rings is 1. The SMILES string of the molecule is CC(C)c1cc(/C(O)=C(\NC(=O)C2CCC(C(F)(F)F)CC2)C(=N)C(N)=O)c(O)cc1O. The van der Waals surface area contributed by atoms with Gasteiger partial charge in [-0.1, -0.05) is 13.8 Å². The first-order valence-electron chi connectivity index (χ1n) is 9.99. The van der Waals surface area contributed by atoms with E-state index in [0.29, 0.717) is 5.56 Å². The van der Waals surface area contributed by atoms with Gasteiger partial charge in [0.1, 0.15) is 22.9 Å². The summed E-state index contributed by atoms with van der Waals surface area (Å²) >= 11 is 0. The fourth-order valence-electron chi connectivity index (χ4n) is 3.65. The van der Waals surface area contributed by atoms with Crippen molar-refractivity contribution in [2.24, 2.45) is 17.6 Å². The molecule has 0 aromatic heterocycles. The molecule has 0 radical (unpaired) electrons. The van der Waals surface area contributed by atoms with E-state index in [1.54, 1.807) is 13.8 Å². The van der Waals surface area contributed by atoms with Crippen LogP contribution in [0, 0.1) is 17.2 Å². The molecule has 1 aliphatic rings. The fraction of sp³-hybridized carbons (Fsp3) is 0.476. The lowest BCUT2D eigenvalue weighted by atomic mass is 9.81. The molecule has 0 heterocycles. The maximum absolute atomic E-state index is 12.9. The summed E-state index contributed by atoms with van der Waals surface area (Å²) in [6.45, 7) is 3.48. The minimum Gasteiger partial charge on any atom is -0.508 e. The Bertz CT molecular complexity index is 949. The van der Waals surface area contributed by atoms with Crippen LogP contribution in [0.15, 0.2) is 17.8 Å². The number of amides is 2. The molecule has 0 spiro atoms. The Labute approximate surface area is 182 Å². The molecule has 11 heteroatoms. The quantitative estimate of drug-likeness (QED) is 0.285. The summed E-state index contributed by atoms with van der Waals surface area (Å²) in [7, 11) is 0. The fourth-order valence-corrected chi connectivity index (χ4v) is 3.65. The Hall–Kier alpha value is -3.24. The lowest BCUT2D eigenvalue weighted by Gasteiger charge is -2.29. The van der Waals surface area contributed by atoms with Crippen LogP contribution in [-0.2, 0) is 9.59 Å². The predicted molar refractivity (Wildman–Crippen MR) is 110 cm³/mol. The molecule has 0 unspecified atom stereocenters. The highest BCUT2D eigenvalue weighted by atomic mass is 19.4. The van der Waals surface area contributed by atoms with E-state index in [1.807, 2.05) is 0 Å². The molecule has 1 fully saturated rings. The number of hydrogen-bond acceptors (Lipinski definition) is 6. The first-order valence-corrected chi connectivity index (χ1v) is 9.99. The second-order valence-corrected chi connectivity index (χ2v) is 8.13. The van der Waals surface area contributed by atoms with Crippen molar-refractivity contribution in [2.45, 2.75) is 51.6 Å². The van der Waals surface area contributed by atoms with Crippen LogP contribution in [0.25, 0.3) is 5.76 Å². The lowest BCUT2D eigenvalue weighted by molar-refractivity contribution is -0.184. The van der Waals surface area contributed by atoms with Gasteiger partial charge in [0.05, 0.1) is 11.5 Å². The van der Waals surface area contributed by atoms with E-state index < -0.39 is 52.7 Å². The number of alkyl halides is 3. The first-order chi connectivity index (χ1) is 14.7. The van der Waals surface area contributed by atoms with Gasteiger partial charge < -0.3 is 26.4 Å². The van der Waals surface area contributed by atoms with E-state index in [2.05, 4.69) is 5.32 Å². The zero-order valence-corrected chi connectivity index (χ0v) is 17.6. The standard InChI is InChI=1S/C21H26F3N3O5/c1-9(2)12-7-13(15(29)8-14(12)28)18(30)17(16(25)19(26)31)27-20(32)10-3-5-11(6-4-10)21(22,23)24/h7-11,25,28-30H,3-6H2,1-2H3,(H2,26,31)(H,27,32)/b18-17+,25-16?. The number of nitrogens with two attached hydrogens (primary N) is 1. The number of aliphatic hydroxyl groups is 1. The number of primary amides is 1. The molecular formula is C21H26F3N3O5. The molecule has 1 aromatic rings. The number of hydrogen-bond donors (Lipinski definition) is 6. The summed E-state index contributed by atoms with van der Waals surface area (Å²) in [5.74, 6) is -6.27. The van der Waals surface area contributed by atoms with E-state index >= 15 is 0 Å². The van der Waals surface area contributed by atoms with Gasteiger partial charge in [-0.05, 0) is 43.2 Å². The molecule has 7 N–H and O–H groups in total. The van der Waals surface area contributed by atoms with Gasteiger partial charge in [-0.3, -0.25) is 15.0 Å². The van der Waals surface area contributed by atoms with Crippen molar-refractivity contribution >= 4 is 23.3 Å². The van der Waals surface area contributed by atoms with Crippen LogP contribution in [0.3, 0.4) is 0 Å². The Morgan fingerprint density at radius 1 is 1.12 bits per heavy atom. The lowest BCUT2D eigenvalue weighted by Crippen LogP contribution is -2.40. The van der Waals surface area contributed by atoms with E-state index in [-0.39, 0.29) is 42.9 Å². The molecule has 2 amide bonds. The van der Waals surface area contributed by atoms with Crippen LogP contribution in [0.1, 0.15) is 56.6 Å². The molecule has 1 saturated carbocycles. The van der Waals surface area contributed by atoms with Gasteiger partial charge in [0.2, 0.25) is 5.91 Å². The summed E-state index contributed by atoms with van der Waals surface area (Å²) in [6.07, 6.45) is -4.94. The minimum atomic E-state index is -4.34. The second-order valence-electron chi connectivity index (χ2n) is 8.13. The Morgan fingerprint density at radius 2 is 1.69 bits per heavy atom. The van der Waals surface area contributed by atoms with Crippen LogP contribution >= 0.6 is 0 Å². The van der Waals surface area contributed by atoms with Gasteiger partial charge in [0.15, 0.2) is 5.76 Å². The smallest absolute Gasteiger partial charge is 0.391 e. The molecule has 32 heavy (non-hydrogen) atoms. The average Bonchev–Trinajstić information content (AvgIpc) is 2.70. The van der Waals surface area contributed by atoms with Gasteiger partial charge in [0.25, 0.3) is 5.91 Å². The average molecular weight is 457 g/mol. The predicted octanol–water partition coefficient (Wildman–Crippen LogP) is 3.44. The number of rotatable bonds is 6. The monoisotopic (exact) mass is 457 g/mol. The maximum Gasteiger partial charge on any atom is 0.391 e. The van der Waals surface area contributed by atoms with Crippen molar-refractivity contribution in [1.82, 2.24) is 5.32 Å². The molecule has 0 bridgehead atoms. The van der Waals surface area contributed by atoms with Gasteiger partial charge in [-0.25, -0.2) is 0 Å². The van der Waals surface area contributed by atoms with Gasteiger partial charge in [-0.2, -0.15) is 13.2 Å². The van der Waals surface area contributed by atoms with Crippen molar-refractivity contribution in [3.63, 3.8) is 0 Å². The zero-order valence-electron chi connectivity index (χ0n) is 17.6. The molecule has 0 saturated heterocycles. The molecule has 0 atom stereocenters. The number of carbonyl (C=O) groups excluding carboxylic acids is 2. The molecular weight excluding hydrogens is 431 g/mol. The van der Waals surface area contributed by atoms with Crippen LogP contribution in [0.4, 0.5) is 13.2 Å². The van der Waals surface area contributed by atoms with Crippen LogP contribution in [-0.4, -0.2) is 39.0 Å². The van der Waals surface area contributed by atoms with E-state index in [9.17, 15) is 38.1 Å². The summed E-state index contributed by atoms with van der Waals surface area (Å²) in [5.41, 5.74) is 3.55. The normalized spacial score (nSPS) is 19.9. The molecule has 0 aliphatic heterocycles.